The number of halogens is 1. The molecule has 2 N–H and O–H groups in total. The molecule has 0 unspecified atom stereocenters. The fraction of sp³-hybridized carbons (Fsp3) is 0.222. The number of amides is 2. The third-order valence-electron chi connectivity index (χ3n) is 3.73. The van der Waals surface area contributed by atoms with Gasteiger partial charge in [0.15, 0.2) is 0 Å². The van der Waals surface area contributed by atoms with E-state index in [-0.39, 0.29) is 11.8 Å². The standard InChI is InChI=1S/C18H17ClN2O3/c1-24-16-9-8-14(10-15(16)19)21-18(23)12-4-2-11(3-5-12)17(22)20-13-6-7-13/h2-5,8-10,13H,6-7H2,1H3,(H,20,22)(H,21,23). The lowest BCUT2D eigenvalue weighted by Gasteiger charge is -2.09. The summed E-state index contributed by atoms with van der Waals surface area (Å²) >= 11 is 6.04. The molecule has 0 atom stereocenters. The van der Waals surface area contributed by atoms with Crippen LogP contribution in [0, 0.1) is 0 Å². The van der Waals surface area contributed by atoms with Gasteiger partial charge in [-0.2, -0.15) is 0 Å². The van der Waals surface area contributed by atoms with Crippen LogP contribution >= 0.6 is 11.6 Å². The molecule has 1 saturated carbocycles. The van der Waals surface area contributed by atoms with Crippen LogP contribution in [0.4, 0.5) is 5.69 Å². The number of carbonyl (C=O) groups is 2. The smallest absolute Gasteiger partial charge is 0.255 e. The highest BCUT2D eigenvalue weighted by Gasteiger charge is 2.23. The number of hydrogen-bond donors (Lipinski definition) is 2. The van der Waals surface area contributed by atoms with Crippen LogP contribution in [0.2, 0.25) is 5.02 Å². The first-order valence-electron chi connectivity index (χ1n) is 7.62. The van der Waals surface area contributed by atoms with Gasteiger partial charge in [-0.3, -0.25) is 9.59 Å². The van der Waals surface area contributed by atoms with E-state index >= 15 is 0 Å². The van der Waals surface area contributed by atoms with E-state index < -0.39 is 0 Å². The highest BCUT2D eigenvalue weighted by atomic mass is 35.5. The number of carbonyl (C=O) groups excluding carboxylic acids is 2. The number of nitrogens with one attached hydrogen (secondary N) is 2. The molecule has 0 bridgehead atoms. The molecule has 0 aliphatic heterocycles. The summed E-state index contributed by atoms with van der Waals surface area (Å²) in [5.74, 6) is 0.164. The molecule has 1 aliphatic carbocycles. The lowest BCUT2D eigenvalue weighted by molar-refractivity contribution is 0.0949. The van der Waals surface area contributed by atoms with Crippen molar-refractivity contribution in [3.63, 3.8) is 0 Å². The predicted octanol–water partition coefficient (Wildman–Crippen LogP) is 3.49. The number of methoxy groups -OCH3 is 1. The number of benzene rings is 2. The minimum atomic E-state index is -0.273. The number of rotatable bonds is 5. The maximum absolute atomic E-state index is 12.3. The van der Waals surface area contributed by atoms with E-state index in [9.17, 15) is 9.59 Å². The Kier molecular flexibility index (Phi) is 4.71. The first-order valence-corrected chi connectivity index (χ1v) is 8.00. The molecule has 6 heteroatoms. The highest BCUT2D eigenvalue weighted by Crippen LogP contribution is 2.27. The lowest BCUT2D eigenvalue weighted by atomic mass is 10.1. The van der Waals surface area contributed by atoms with Gasteiger partial charge in [-0.1, -0.05) is 11.6 Å². The monoisotopic (exact) mass is 344 g/mol. The molecule has 1 aliphatic rings. The molecule has 0 spiro atoms. The van der Waals surface area contributed by atoms with Gasteiger partial charge in [-0.25, -0.2) is 0 Å². The van der Waals surface area contributed by atoms with E-state index in [1.54, 1.807) is 42.5 Å². The summed E-state index contributed by atoms with van der Waals surface area (Å²) in [6, 6.07) is 11.9. The van der Waals surface area contributed by atoms with Gasteiger partial charge in [0.2, 0.25) is 0 Å². The Labute approximate surface area is 145 Å². The van der Waals surface area contributed by atoms with Crippen LogP contribution in [0.15, 0.2) is 42.5 Å². The third kappa shape index (κ3) is 3.86. The van der Waals surface area contributed by atoms with Crippen molar-refractivity contribution in [3.8, 4) is 5.75 Å². The Bertz CT molecular complexity index is 770. The van der Waals surface area contributed by atoms with Crippen molar-refractivity contribution in [2.24, 2.45) is 0 Å². The Morgan fingerprint density at radius 2 is 1.67 bits per heavy atom. The van der Waals surface area contributed by atoms with E-state index in [0.29, 0.717) is 33.6 Å². The van der Waals surface area contributed by atoms with Crippen LogP contribution in [0.5, 0.6) is 5.75 Å². The predicted molar refractivity (Wildman–Crippen MR) is 92.9 cm³/mol. The fourth-order valence-electron chi connectivity index (χ4n) is 2.22. The summed E-state index contributed by atoms with van der Waals surface area (Å²) in [5, 5.41) is 6.09. The largest absolute Gasteiger partial charge is 0.495 e. The van der Waals surface area contributed by atoms with E-state index in [1.807, 2.05) is 0 Å². The topological polar surface area (TPSA) is 67.4 Å². The average Bonchev–Trinajstić information content (AvgIpc) is 3.39. The van der Waals surface area contributed by atoms with E-state index in [0.717, 1.165) is 12.8 Å². The van der Waals surface area contributed by atoms with Gasteiger partial charge in [-0.15, -0.1) is 0 Å². The van der Waals surface area contributed by atoms with Crippen LogP contribution in [-0.2, 0) is 0 Å². The second-order valence-corrected chi connectivity index (χ2v) is 6.04. The van der Waals surface area contributed by atoms with Gasteiger partial charge >= 0.3 is 0 Å². The van der Waals surface area contributed by atoms with Crippen LogP contribution in [0.3, 0.4) is 0 Å². The molecular weight excluding hydrogens is 328 g/mol. The van der Waals surface area contributed by atoms with Crippen molar-refractivity contribution >= 4 is 29.1 Å². The molecular formula is C18H17ClN2O3. The van der Waals surface area contributed by atoms with Crippen LogP contribution in [0.25, 0.3) is 0 Å². The van der Waals surface area contributed by atoms with Crippen molar-refractivity contribution in [1.29, 1.82) is 0 Å². The van der Waals surface area contributed by atoms with Gasteiger partial charge < -0.3 is 15.4 Å². The summed E-state index contributed by atoms with van der Waals surface area (Å²) in [6.07, 6.45) is 2.08. The maximum Gasteiger partial charge on any atom is 0.255 e. The number of anilines is 1. The molecule has 2 aromatic rings. The molecule has 0 aromatic heterocycles. The van der Waals surface area contributed by atoms with E-state index in [4.69, 9.17) is 16.3 Å². The van der Waals surface area contributed by atoms with Gasteiger partial charge in [0.1, 0.15) is 5.75 Å². The summed E-state index contributed by atoms with van der Waals surface area (Å²) < 4.78 is 5.07. The molecule has 2 aromatic carbocycles. The Morgan fingerprint density at radius 1 is 1.04 bits per heavy atom. The summed E-state index contributed by atoms with van der Waals surface area (Å²) in [5.41, 5.74) is 1.58. The lowest BCUT2D eigenvalue weighted by Crippen LogP contribution is -2.25. The zero-order valence-electron chi connectivity index (χ0n) is 13.1. The molecule has 0 radical (unpaired) electrons. The normalized spacial score (nSPS) is 13.2. The van der Waals surface area contributed by atoms with Crippen molar-refractivity contribution in [2.75, 3.05) is 12.4 Å². The minimum absolute atomic E-state index is 0.105. The fourth-order valence-corrected chi connectivity index (χ4v) is 2.47. The van der Waals surface area contributed by atoms with Crippen molar-refractivity contribution in [2.45, 2.75) is 18.9 Å². The summed E-state index contributed by atoms with van der Waals surface area (Å²) in [6.45, 7) is 0. The molecule has 3 rings (SSSR count). The molecule has 5 nitrogen and oxygen atoms in total. The first kappa shape index (κ1) is 16.3. The van der Waals surface area contributed by atoms with Crippen molar-refractivity contribution < 1.29 is 14.3 Å². The molecule has 24 heavy (non-hydrogen) atoms. The quantitative estimate of drug-likeness (QED) is 0.872. The Morgan fingerprint density at radius 3 is 2.21 bits per heavy atom. The average molecular weight is 345 g/mol. The second-order valence-electron chi connectivity index (χ2n) is 5.63. The molecule has 2 amide bonds. The van der Waals surface area contributed by atoms with Gasteiger partial charge in [-0.05, 0) is 55.3 Å². The van der Waals surface area contributed by atoms with Crippen LogP contribution in [-0.4, -0.2) is 25.0 Å². The zero-order valence-corrected chi connectivity index (χ0v) is 13.9. The second kappa shape index (κ2) is 6.93. The van der Waals surface area contributed by atoms with E-state index in [1.165, 1.54) is 7.11 Å². The van der Waals surface area contributed by atoms with Crippen LogP contribution < -0.4 is 15.4 Å². The van der Waals surface area contributed by atoms with Crippen molar-refractivity contribution in [3.05, 3.63) is 58.6 Å². The Balaban J connectivity index is 1.66. The molecule has 1 fully saturated rings. The third-order valence-corrected chi connectivity index (χ3v) is 4.03. The van der Waals surface area contributed by atoms with Crippen LogP contribution in [0.1, 0.15) is 33.6 Å². The van der Waals surface area contributed by atoms with E-state index in [2.05, 4.69) is 10.6 Å². The maximum atomic E-state index is 12.3. The SMILES string of the molecule is COc1ccc(NC(=O)c2ccc(C(=O)NC3CC3)cc2)cc1Cl. The first-order chi connectivity index (χ1) is 11.6. The van der Waals surface area contributed by atoms with Gasteiger partial charge in [0.05, 0.1) is 12.1 Å². The molecule has 0 saturated heterocycles. The van der Waals surface area contributed by atoms with Gasteiger partial charge in [0, 0.05) is 22.9 Å². The zero-order chi connectivity index (χ0) is 17.1. The summed E-state index contributed by atoms with van der Waals surface area (Å²) in [4.78, 5) is 24.2. The molecule has 0 heterocycles. The number of hydrogen-bond acceptors (Lipinski definition) is 3. The Hall–Kier alpha value is -2.53. The van der Waals surface area contributed by atoms with Crippen molar-refractivity contribution in [1.82, 2.24) is 5.32 Å². The minimum Gasteiger partial charge on any atom is -0.495 e. The summed E-state index contributed by atoms with van der Waals surface area (Å²) in [7, 11) is 1.53. The molecule has 124 valence electrons. The number of ether oxygens (including phenoxy) is 1. The van der Waals surface area contributed by atoms with Gasteiger partial charge in [0.25, 0.3) is 11.8 Å². The highest BCUT2D eigenvalue weighted by molar-refractivity contribution is 6.32.